The van der Waals surface area contributed by atoms with E-state index in [1.807, 2.05) is 6.92 Å². The van der Waals surface area contributed by atoms with Gasteiger partial charge < -0.3 is 0 Å². The van der Waals surface area contributed by atoms with Crippen molar-refractivity contribution in [2.45, 2.75) is 38.0 Å². The minimum absolute atomic E-state index is 0.0169. The molecule has 0 bridgehead atoms. The molecule has 0 aliphatic carbocycles. The summed E-state index contributed by atoms with van der Waals surface area (Å²) in [7, 11) is -1.86. The Hall–Kier alpha value is -1.20. The molecule has 0 saturated heterocycles. The molecule has 1 aromatic rings. The molecule has 5 heteroatoms. The Kier molecular flexibility index (Phi) is 5.69. The molecule has 0 radical (unpaired) electrons. The Bertz CT molecular complexity index is 520. The van der Waals surface area contributed by atoms with Crippen LogP contribution in [0.25, 0.3) is 0 Å². The minimum atomic E-state index is -3.44. The lowest BCUT2D eigenvalue weighted by Gasteiger charge is -2.16. The summed E-state index contributed by atoms with van der Waals surface area (Å²) in [5.74, 6) is 0.0169. The second-order valence-electron chi connectivity index (χ2n) is 4.48. The highest BCUT2D eigenvalue weighted by Gasteiger charge is 2.20. The highest BCUT2D eigenvalue weighted by molar-refractivity contribution is 7.89. The molecule has 1 rings (SSSR count). The molecule has 0 unspecified atom stereocenters. The highest BCUT2D eigenvalue weighted by Crippen LogP contribution is 2.16. The summed E-state index contributed by atoms with van der Waals surface area (Å²) in [6, 6.07) is 6.15. The first-order valence-corrected chi connectivity index (χ1v) is 7.97. The maximum absolute atomic E-state index is 12.2. The van der Waals surface area contributed by atoms with Crippen molar-refractivity contribution in [1.82, 2.24) is 4.31 Å². The van der Waals surface area contributed by atoms with Gasteiger partial charge in [0, 0.05) is 25.6 Å². The van der Waals surface area contributed by atoms with Crippen molar-refractivity contribution in [3.63, 3.8) is 0 Å². The zero-order valence-corrected chi connectivity index (χ0v) is 12.5. The van der Waals surface area contributed by atoms with Crippen molar-refractivity contribution in [2.75, 3.05) is 13.6 Å². The third-order valence-corrected chi connectivity index (χ3v) is 4.90. The summed E-state index contributed by atoms with van der Waals surface area (Å²) in [4.78, 5) is 11.7. The first-order valence-electron chi connectivity index (χ1n) is 6.53. The zero-order chi connectivity index (χ0) is 14.5. The van der Waals surface area contributed by atoms with Crippen molar-refractivity contribution < 1.29 is 13.2 Å². The number of nitrogens with zero attached hydrogens (tertiary/aromatic N) is 1. The van der Waals surface area contributed by atoms with Crippen LogP contribution in [0.5, 0.6) is 0 Å². The molecule has 1 aromatic carbocycles. The van der Waals surface area contributed by atoms with E-state index in [1.165, 1.54) is 16.4 Å². The fourth-order valence-corrected chi connectivity index (χ4v) is 2.91. The Morgan fingerprint density at radius 1 is 1.16 bits per heavy atom. The van der Waals surface area contributed by atoms with Crippen molar-refractivity contribution in [3.05, 3.63) is 29.8 Å². The molecule has 106 valence electrons. The Morgan fingerprint density at radius 3 is 2.21 bits per heavy atom. The average Bonchev–Trinajstić information content (AvgIpc) is 2.43. The number of carbonyl (C=O) groups excluding carboxylic acids is 1. The van der Waals surface area contributed by atoms with E-state index in [4.69, 9.17) is 0 Å². The van der Waals surface area contributed by atoms with E-state index in [2.05, 4.69) is 0 Å². The molecule has 0 atom stereocenters. The van der Waals surface area contributed by atoms with Gasteiger partial charge in [0.25, 0.3) is 0 Å². The van der Waals surface area contributed by atoms with E-state index in [1.54, 1.807) is 26.1 Å². The lowest BCUT2D eigenvalue weighted by Crippen LogP contribution is -2.27. The lowest BCUT2D eigenvalue weighted by atomic mass is 10.1. The molecule has 0 heterocycles. The number of rotatable bonds is 7. The fourth-order valence-electron chi connectivity index (χ4n) is 1.70. The molecule has 19 heavy (non-hydrogen) atoms. The first-order chi connectivity index (χ1) is 8.93. The number of Topliss-reactive ketones (excluding diaryl/α,β-unsaturated/α-hetero) is 1. The van der Waals surface area contributed by atoms with Gasteiger partial charge in [-0.25, -0.2) is 12.7 Å². The monoisotopic (exact) mass is 283 g/mol. The van der Waals surface area contributed by atoms with Crippen molar-refractivity contribution >= 4 is 15.8 Å². The maximum atomic E-state index is 12.2. The van der Waals surface area contributed by atoms with Crippen LogP contribution in [0, 0.1) is 0 Å². The van der Waals surface area contributed by atoms with Gasteiger partial charge >= 0.3 is 0 Å². The quantitative estimate of drug-likeness (QED) is 0.723. The predicted octanol–water partition coefficient (Wildman–Crippen LogP) is 2.70. The van der Waals surface area contributed by atoms with Crippen LogP contribution in [-0.2, 0) is 10.0 Å². The maximum Gasteiger partial charge on any atom is 0.242 e. The molecule has 0 saturated carbocycles. The van der Waals surface area contributed by atoms with Crippen LogP contribution < -0.4 is 0 Å². The van der Waals surface area contributed by atoms with E-state index >= 15 is 0 Å². The lowest BCUT2D eigenvalue weighted by molar-refractivity contribution is 0.0988. The SMILES string of the molecule is CCCCN(C)S(=O)(=O)c1ccc(C(=O)CC)cc1. The van der Waals surface area contributed by atoms with E-state index in [-0.39, 0.29) is 10.7 Å². The summed E-state index contributed by atoms with van der Waals surface area (Å²) >= 11 is 0. The Labute approximate surface area is 115 Å². The summed E-state index contributed by atoms with van der Waals surface area (Å²) in [6.45, 7) is 4.31. The molecular formula is C14H21NO3S. The van der Waals surface area contributed by atoms with Gasteiger partial charge in [-0.15, -0.1) is 0 Å². The van der Waals surface area contributed by atoms with Crippen LogP contribution in [0.2, 0.25) is 0 Å². The summed E-state index contributed by atoms with van der Waals surface area (Å²) < 4.78 is 25.8. The number of carbonyl (C=O) groups is 1. The standard InChI is InChI=1S/C14H21NO3S/c1-4-6-11-15(3)19(17,18)13-9-7-12(8-10-13)14(16)5-2/h7-10H,4-6,11H2,1-3H3. The van der Waals surface area contributed by atoms with Gasteiger partial charge in [-0.1, -0.05) is 32.4 Å². The second-order valence-corrected chi connectivity index (χ2v) is 6.53. The normalized spacial score (nSPS) is 11.8. The summed E-state index contributed by atoms with van der Waals surface area (Å²) in [6.07, 6.45) is 2.20. The van der Waals surface area contributed by atoms with Crippen LogP contribution >= 0.6 is 0 Å². The third-order valence-electron chi connectivity index (χ3n) is 3.03. The van der Waals surface area contributed by atoms with Crippen molar-refractivity contribution in [2.24, 2.45) is 0 Å². The van der Waals surface area contributed by atoms with Gasteiger partial charge in [-0.05, 0) is 18.6 Å². The molecule has 4 nitrogen and oxygen atoms in total. The van der Waals surface area contributed by atoms with Gasteiger partial charge in [-0.3, -0.25) is 4.79 Å². The number of sulfonamides is 1. The zero-order valence-electron chi connectivity index (χ0n) is 11.7. The number of hydrogen-bond donors (Lipinski definition) is 0. The third kappa shape index (κ3) is 3.88. The number of unbranched alkanes of at least 4 members (excludes halogenated alkanes) is 1. The van der Waals surface area contributed by atoms with Gasteiger partial charge in [0.05, 0.1) is 4.90 Å². The summed E-state index contributed by atoms with van der Waals surface area (Å²) in [5, 5.41) is 0. The fraction of sp³-hybridized carbons (Fsp3) is 0.500. The predicted molar refractivity (Wildman–Crippen MR) is 75.8 cm³/mol. The van der Waals surface area contributed by atoms with Crippen LogP contribution in [-0.4, -0.2) is 32.1 Å². The Balaban J connectivity index is 2.93. The van der Waals surface area contributed by atoms with Gasteiger partial charge in [-0.2, -0.15) is 0 Å². The molecule has 0 N–H and O–H groups in total. The largest absolute Gasteiger partial charge is 0.294 e. The van der Waals surface area contributed by atoms with Crippen LogP contribution in [0.1, 0.15) is 43.5 Å². The molecule has 0 fully saturated rings. The Morgan fingerprint density at radius 2 is 1.74 bits per heavy atom. The molecule has 0 aliphatic heterocycles. The molecule has 0 aliphatic rings. The van der Waals surface area contributed by atoms with E-state index in [0.717, 1.165) is 12.8 Å². The van der Waals surface area contributed by atoms with Crippen molar-refractivity contribution in [1.29, 1.82) is 0 Å². The van der Waals surface area contributed by atoms with Crippen LogP contribution in [0.3, 0.4) is 0 Å². The van der Waals surface area contributed by atoms with Crippen LogP contribution in [0.4, 0.5) is 0 Å². The van der Waals surface area contributed by atoms with Gasteiger partial charge in [0.15, 0.2) is 5.78 Å². The molecule has 0 spiro atoms. The van der Waals surface area contributed by atoms with Gasteiger partial charge in [0.1, 0.15) is 0 Å². The topological polar surface area (TPSA) is 54.5 Å². The average molecular weight is 283 g/mol. The summed E-state index contributed by atoms with van der Waals surface area (Å²) in [5.41, 5.74) is 0.553. The van der Waals surface area contributed by atoms with Crippen LogP contribution in [0.15, 0.2) is 29.2 Å². The number of benzene rings is 1. The number of ketones is 1. The minimum Gasteiger partial charge on any atom is -0.294 e. The highest BCUT2D eigenvalue weighted by atomic mass is 32.2. The molecular weight excluding hydrogens is 262 g/mol. The molecule has 0 amide bonds. The molecule has 0 aromatic heterocycles. The second kappa shape index (κ2) is 6.82. The van der Waals surface area contributed by atoms with Crippen molar-refractivity contribution in [3.8, 4) is 0 Å². The van der Waals surface area contributed by atoms with E-state index < -0.39 is 10.0 Å². The first kappa shape index (κ1) is 15.9. The smallest absolute Gasteiger partial charge is 0.242 e. The van der Waals surface area contributed by atoms with Gasteiger partial charge in [0.2, 0.25) is 10.0 Å². The van der Waals surface area contributed by atoms with E-state index in [9.17, 15) is 13.2 Å². The number of hydrogen-bond acceptors (Lipinski definition) is 3. The van der Waals surface area contributed by atoms with E-state index in [0.29, 0.717) is 18.5 Å².